The van der Waals surface area contributed by atoms with E-state index in [0.717, 1.165) is 0 Å². The number of piperazine rings is 1. The number of fused-ring (bicyclic) bond motifs is 1. The number of methoxy groups -OCH3 is 1. The molecule has 1 amide bonds. The van der Waals surface area contributed by atoms with Gasteiger partial charge in [-0.1, -0.05) is 12.1 Å². The summed E-state index contributed by atoms with van der Waals surface area (Å²) >= 11 is 0. The predicted molar refractivity (Wildman–Crippen MR) is 148 cm³/mol. The Morgan fingerprint density at radius 2 is 1.83 bits per heavy atom. The van der Waals surface area contributed by atoms with Crippen LogP contribution >= 0.6 is 0 Å². The van der Waals surface area contributed by atoms with Crippen molar-refractivity contribution in [3.63, 3.8) is 0 Å². The molecule has 3 heterocycles. The van der Waals surface area contributed by atoms with Gasteiger partial charge >= 0.3 is 5.97 Å². The van der Waals surface area contributed by atoms with Crippen LogP contribution in [0.3, 0.4) is 0 Å². The topological polar surface area (TPSA) is 146 Å². The van der Waals surface area contributed by atoms with E-state index in [2.05, 4.69) is 9.97 Å². The number of carbonyl (C=O) groups is 2. The van der Waals surface area contributed by atoms with E-state index in [0.29, 0.717) is 47.3 Å². The normalized spacial score (nSPS) is 15.4. The number of hydrogen-bond donors (Lipinski definition) is 0. The molecule has 1 aromatic heterocycles. The summed E-state index contributed by atoms with van der Waals surface area (Å²) in [6, 6.07) is 14.9. The number of aryl methyl sites for hydroxylation is 1. The van der Waals surface area contributed by atoms with Crippen LogP contribution in [0.2, 0.25) is 0 Å². The van der Waals surface area contributed by atoms with Crippen molar-refractivity contribution in [2.75, 3.05) is 56.2 Å². The molecule has 212 valence electrons. The van der Waals surface area contributed by atoms with Crippen molar-refractivity contribution in [2.45, 2.75) is 18.2 Å². The maximum absolute atomic E-state index is 13.5. The molecule has 2 aliphatic heterocycles. The number of carbonyl (C=O) groups excluding carboxylic acids is 2. The molecule has 12 nitrogen and oxygen atoms in total. The van der Waals surface area contributed by atoms with Gasteiger partial charge in [-0.25, -0.2) is 18.4 Å². The van der Waals surface area contributed by atoms with Gasteiger partial charge in [-0.05, 0) is 42.8 Å². The summed E-state index contributed by atoms with van der Waals surface area (Å²) < 4.78 is 38.9. The first kappa shape index (κ1) is 28.0. The summed E-state index contributed by atoms with van der Waals surface area (Å²) in [5.41, 5.74) is 2.44. The minimum Gasteiger partial charge on any atom is -0.489 e. The van der Waals surface area contributed by atoms with E-state index in [-0.39, 0.29) is 49.2 Å². The third-order valence-corrected chi connectivity index (χ3v) is 8.80. The minimum absolute atomic E-state index is 0.0473. The smallest absolute Gasteiger partial charge is 0.309 e. The Morgan fingerprint density at radius 3 is 2.56 bits per heavy atom. The third kappa shape index (κ3) is 5.84. The van der Waals surface area contributed by atoms with Crippen LogP contribution in [0.4, 0.5) is 11.6 Å². The first-order valence-electron chi connectivity index (χ1n) is 12.9. The molecule has 0 bridgehead atoms. The van der Waals surface area contributed by atoms with Gasteiger partial charge in [-0.3, -0.25) is 9.59 Å². The van der Waals surface area contributed by atoms with Gasteiger partial charge < -0.3 is 19.3 Å². The van der Waals surface area contributed by atoms with Gasteiger partial charge in [0.25, 0.3) is 5.91 Å². The van der Waals surface area contributed by atoms with Crippen molar-refractivity contribution in [3.05, 3.63) is 71.0 Å². The first-order chi connectivity index (χ1) is 19.7. The zero-order valence-electron chi connectivity index (χ0n) is 22.6. The highest BCUT2D eigenvalue weighted by molar-refractivity contribution is 7.89. The Morgan fingerprint density at radius 1 is 1.05 bits per heavy atom. The quantitative estimate of drug-likeness (QED) is 0.399. The number of amides is 1. The van der Waals surface area contributed by atoms with Crippen molar-refractivity contribution in [2.24, 2.45) is 0 Å². The second-order valence-electron chi connectivity index (χ2n) is 9.59. The highest BCUT2D eigenvalue weighted by Gasteiger charge is 2.32. The Balaban J connectivity index is 1.32. The van der Waals surface area contributed by atoms with Crippen molar-refractivity contribution < 1.29 is 27.5 Å². The first-order valence-corrected chi connectivity index (χ1v) is 14.4. The molecule has 3 aromatic rings. The molecule has 0 unspecified atom stereocenters. The summed E-state index contributed by atoms with van der Waals surface area (Å²) in [5.74, 6) is 0.0117. The van der Waals surface area contributed by atoms with Crippen molar-refractivity contribution >= 4 is 33.5 Å². The van der Waals surface area contributed by atoms with Crippen LogP contribution in [0.25, 0.3) is 0 Å². The number of aromatic nitrogens is 2. The van der Waals surface area contributed by atoms with Crippen LogP contribution < -0.4 is 14.5 Å². The summed E-state index contributed by atoms with van der Waals surface area (Å²) in [5, 5.41) is 9.20. The van der Waals surface area contributed by atoms with E-state index >= 15 is 0 Å². The van der Waals surface area contributed by atoms with Crippen molar-refractivity contribution in [3.8, 4) is 11.8 Å². The zero-order chi connectivity index (χ0) is 29.1. The molecule has 1 saturated heterocycles. The number of rotatable bonds is 6. The fourth-order valence-corrected chi connectivity index (χ4v) is 6.25. The van der Waals surface area contributed by atoms with E-state index < -0.39 is 16.0 Å². The van der Waals surface area contributed by atoms with Gasteiger partial charge in [0.15, 0.2) is 0 Å². The molecule has 2 aromatic carbocycles. The number of hydrogen-bond acceptors (Lipinski definition) is 10. The number of benzene rings is 2. The Hall–Kier alpha value is -4.54. The Bertz CT molecular complexity index is 1650. The minimum atomic E-state index is -3.85. The molecule has 0 aliphatic carbocycles. The molecule has 0 spiro atoms. The molecule has 5 rings (SSSR count). The second kappa shape index (κ2) is 11.5. The van der Waals surface area contributed by atoms with Crippen LogP contribution in [0.15, 0.2) is 53.4 Å². The molecule has 13 heteroatoms. The van der Waals surface area contributed by atoms with E-state index in [9.17, 15) is 23.3 Å². The summed E-state index contributed by atoms with van der Waals surface area (Å²) in [6.07, 6.45) is 0.0473. The molecule has 0 atom stereocenters. The second-order valence-corrected chi connectivity index (χ2v) is 11.5. The van der Waals surface area contributed by atoms with E-state index in [1.54, 1.807) is 48.2 Å². The average molecular weight is 577 g/mol. The monoisotopic (exact) mass is 576 g/mol. The van der Waals surface area contributed by atoms with E-state index in [1.807, 2.05) is 11.0 Å². The fourth-order valence-electron chi connectivity index (χ4n) is 4.81. The van der Waals surface area contributed by atoms with Gasteiger partial charge in [-0.2, -0.15) is 9.57 Å². The molecule has 1 fully saturated rings. The third-order valence-electron chi connectivity index (χ3n) is 6.91. The molecule has 2 aliphatic rings. The van der Waals surface area contributed by atoms with Gasteiger partial charge in [-0.15, -0.1) is 0 Å². The van der Waals surface area contributed by atoms with Crippen molar-refractivity contribution in [1.82, 2.24) is 14.3 Å². The number of nitriles is 1. The SMILES string of the molecule is COC(=O)Cc1cccc(C(=O)N2CCOc3cc(S(=O)(=O)N4CCN(c5nc(C)cc(C#N)n5)CC4)ccc32)c1. The summed E-state index contributed by atoms with van der Waals surface area (Å²) in [6.45, 7) is 3.43. The lowest BCUT2D eigenvalue weighted by Crippen LogP contribution is -2.49. The van der Waals surface area contributed by atoms with Crippen LogP contribution in [0, 0.1) is 18.3 Å². The van der Waals surface area contributed by atoms with E-state index in [4.69, 9.17) is 9.47 Å². The number of nitrogens with zero attached hydrogens (tertiary/aromatic N) is 6. The molecular formula is C28H28N6O6S. The maximum atomic E-state index is 13.5. The number of anilines is 2. The van der Waals surface area contributed by atoms with Crippen molar-refractivity contribution in [1.29, 1.82) is 5.26 Å². The largest absolute Gasteiger partial charge is 0.489 e. The lowest BCUT2D eigenvalue weighted by molar-refractivity contribution is -0.139. The highest BCUT2D eigenvalue weighted by Crippen LogP contribution is 2.35. The number of sulfonamides is 1. The lowest BCUT2D eigenvalue weighted by Gasteiger charge is -2.34. The van der Waals surface area contributed by atoms with Gasteiger partial charge in [0.05, 0.1) is 30.7 Å². The molecule has 0 saturated carbocycles. The van der Waals surface area contributed by atoms with Crippen LogP contribution in [0.1, 0.15) is 27.3 Å². The van der Waals surface area contributed by atoms with Gasteiger partial charge in [0, 0.05) is 43.5 Å². The standard InChI is InChI=1S/C28H28N6O6S/c1-19-14-22(18-29)31-28(30-19)32-8-10-33(11-9-32)41(37,38)23-6-7-24-25(17-23)40-13-12-34(24)27(36)21-5-3-4-20(15-21)16-26(35)39-2/h3-7,14-15,17H,8-13,16H2,1-2H3. The Labute approximate surface area is 237 Å². The molecular weight excluding hydrogens is 548 g/mol. The van der Waals surface area contributed by atoms with Crippen LogP contribution in [0.5, 0.6) is 5.75 Å². The lowest BCUT2D eigenvalue weighted by atomic mass is 10.1. The number of ether oxygens (including phenoxy) is 2. The Kier molecular flexibility index (Phi) is 7.87. The highest BCUT2D eigenvalue weighted by atomic mass is 32.2. The summed E-state index contributed by atoms with van der Waals surface area (Å²) in [4.78, 5) is 37.2. The van der Waals surface area contributed by atoms with Crippen LogP contribution in [-0.2, 0) is 26.0 Å². The zero-order valence-corrected chi connectivity index (χ0v) is 23.4. The van der Waals surface area contributed by atoms with E-state index in [1.165, 1.54) is 23.5 Å². The maximum Gasteiger partial charge on any atom is 0.309 e. The van der Waals surface area contributed by atoms with Crippen LogP contribution in [-0.4, -0.2) is 81.0 Å². The molecule has 0 radical (unpaired) electrons. The molecule has 0 N–H and O–H groups in total. The summed E-state index contributed by atoms with van der Waals surface area (Å²) in [7, 11) is -2.54. The van der Waals surface area contributed by atoms with Gasteiger partial charge in [0.1, 0.15) is 24.1 Å². The van der Waals surface area contributed by atoms with Gasteiger partial charge in [0.2, 0.25) is 16.0 Å². The number of esters is 1. The molecule has 41 heavy (non-hydrogen) atoms. The fraction of sp³-hybridized carbons (Fsp3) is 0.321. The predicted octanol–water partition coefficient (Wildman–Crippen LogP) is 1.92. The average Bonchev–Trinajstić information content (AvgIpc) is 2.99.